The summed E-state index contributed by atoms with van der Waals surface area (Å²) in [5.41, 5.74) is 2.52. The molecule has 0 amide bonds. The highest BCUT2D eigenvalue weighted by molar-refractivity contribution is 7.98. The van der Waals surface area contributed by atoms with E-state index < -0.39 is 0 Å². The summed E-state index contributed by atoms with van der Waals surface area (Å²) in [5.74, 6) is 7.24. The van der Waals surface area contributed by atoms with Gasteiger partial charge in [0.25, 0.3) is 0 Å². The molecule has 1 saturated carbocycles. The maximum absolute atomic E-state index is 9.20. The smallest absolute Gasteiger partial charge is 0.191 e. The van der Waals surface area contributed by atoms with E-state index in [1.807, 2.05) is 6.26 Å². The summed E-state index contributed by atoms with van der Waals surface area (Å²) in [5, 5.41) is 13.1. The van der Waals surface area contributed by atoms with E-state index in [-0.39, 0.29) is 6.10 Å². The van der Waals surface area contributed by atoms with Crippen molar-refractivity contribution < 1.29 is 5.11 Å². The molecule has 1 aliphatic rings. The number of nitrogens with two attached hydrogens (primary N) is 1. The predicted molar refractivity (Wildman–Crippen MR) is 68.8 cm³/mol. The first kappa shape index (κ1) is 12.4. The molecule has 7 heteroatoms. The number of thioether (sulfide) groups is 1. The number of anilines is 2. The van der Waals surface area contributed by atoms with E-state index in [0.29, 0.717) is 16.9 Å². The number of nitrogen functional groups attached to an aromatic ring is 1. The van der Waals surface area contributed by atoms with Crippen molar-refractivity contribution in [2.24, 2.45) is 11.8 Å². The number of nitrogens with zero attached hydrogens (tertiary/aromatic N) is 2. The van der Waals surface area contributed by atoms with Gasteiger partial charge in [-0.1, -0.05) is 11.8 Å². The lowest BCUT2D eigenvalue weighted by Crippen LogP contribution is -2.33. The van der Waals surface area contributed by atoms with Crippen molar-refractivity contribution in [3.05, 3.63) is 6.07 Å². The highest BCUT2D eigenvalue weighted by Crippen LogP contribution is 2.27. The molecule has 0 bridgehead atoms. The van der Waals surface area contributed by atoms with Gasteiger partial charge in [0.05, 0.1) is 6.10 Å². The van der Waals surface area contributed by atoms with Crippen LogP contribution < -0.4 is 16.6 Å². The Morgan fingerprint density at radius 1 is 1.47 bits per heavy atom. The third-order valence-corrected chi connectivity index (χ3v) is 3.37. The average Bonchev–Trinajstić information content (AvgIpc) is 2.32. The molecule has 0 saturated heterocycles. The molecule has 1 aromatic rings. The van der Waals surface area contributed by atoms with E-state index in [1.165, 1.54) is 11.8 Å². The first-order valence-corrected chi connectivity index (χ1v) is 6.75. The lowest BCUT2D eigenvalue weighted by Gasteiger charge is -2.31. The van der Waals surface area contributed by atoms with Crippen molar-refractivity contribution in [2.75, 3.05) is 23.5 Å². The van der Waals surface area contributed by atoms with Crippen LogP contribution in [0.25, 0.3) is 0 Å². The molecule has 0 atom stereocenters. The van der Waals surface area contributed by atoms with Crippen molar-refractivity contribution in [2.45, 2.75) is 24.1 Å². The molecule has 0 aromatic carbocycles. The van der Waals surface area contributed by atoms with Gasteiger partial charge in [0.15, 0.2) is 5.16 Å². The lowest BCUT2D eigenvalue weighted by molar-refractivity contribution is 0.0486. The van der Waals surface area contributed by atoms with Gasteiger partial charge < -0.3 is 15.8 Å². The van der Waals surface area contributed by atoms with Gasteiger partial charge in [0.1, 0.15) is 11.6 Å². The number of aromatic nitrogens is 2. The minimum atomic E-state index is -0.116. The van der Waals surface area contributed by atoms with E-state index >= 15 is 0 Å². The Hall–Kier alpha value is -1.05. The molecule has 5 N–H and O–H groups in total. The van der Waals surface area contributed by atoms with Crippen LogP contribution in [0.2, 0.25) is 0 Å². The van der Waals surface area contributed by atoms with Gasteiger partial charge in [-0.3, -0.25) is 0 Å². The largest absolute Gasteiger partial charge is 0.393 e. The molecule has 1 aromatic heterocycles. The average molecular weight is 255 g/mol. The quantitative estimate of drug-likeness (QED) is 0.266. The summed E-state index contributed by atoms with van der Waals surface area (Å²) in [6, 6.07) is 1.77. The number of hydrazine groups is 1. The zero-order valence-corrected chi connectivity index (χ0v) is 10.5. The molecule has 17 heavy (non-hydrogen) atoms. The third kappa shape index (κ3) is 3.21. The molecule has 0 aliphatic heterocycles. The molecule has 0 radical (unpaired) electrons. The number of nitrogens with one attached hydrogen (secondary N) is 2. The van der Waals surface area contributed by atoms with Crippen LogP contribution in [0, 0.1) is 5.92 Å². The highest BCUT2D eigenvalue weighted by atomic mass is 32.2. The Balaban J connectivity index is 1.94. The van der Waals surface area contributed by atoms with Crippen molar-refractivity contribution in [1.29, 1.82) is 0 Å². The predicted octanol–water partition coefficient (Wildman–Crippen LogP) is 0.667. The van der Waals surface area contributed by atoms with E-state index in [1.54, 1.807) is 6.07 Å². The van der Waals surface area contributed by atoms with Crippen molar-refractivity contribution in [1.82, 2.24) is 9.97 Å². The molecule has 94 valence electrons. The lowest BCUT2D eigenvalue weighted by atomic mass is 9.82. The third-order valence-electron chi connectivity index (χ3n) is 2.82. The highest BCUT2D eigenvalue weighted by Gasteiger charge is 2.26. The summed E-state index contributed by atoms with van der Waals surface area (Å²) in [6.07, 6.45) is 3.54. The van der Waals surface area contributed by atoms with Crippen LogP contribution in [-0.4, -0.2) is 34.0 Å². The molecule has 1 heterocycles. The second-order valence-electron chi connectivity index (χ2n) is 4.14. The molecule has 1 aliphatic carbocycles. The molecule has 0 spiro atoms. The standard InChI is InChI=1S/C10H17N5OS/c1-17-10-13-8(4-9(14-10)15-11)12-5-6-2-7(16)3-6/h4,6-7,16H,2-3,5,11H2,1H3,(H2,12,13,14,15). The summed E-state index contributed by atoms with van der Waals surface area (Å²) < 4.78 is 0. The zero-order valence-electron chi connectivity index (χ0n) is 9.68. The topological polar surface area (TPSA) is 96.1 Å². The first-order chi connectivity index (χ1) is 8.21. The van der Waals surface area contributed by atoms with Gasteiger partial charge in [-0.05, 0) is 25.0 Å². The Morgan fingerprint density at radius 2 is 2.18 bits per heavy atom. The maximum atomic E-state index is 9.20. The van der Waals surface area contributed by atoms with Crippen LogP contribution in [-0.2, 0) is 0 Å². The van der Waals surface area contributed by atoms with Crippen LogP contribution >= 0.6 is 11.8 Å². The minimum absolute atomic E-state index is 0.116. The second-order valence-corrected chi connectivity index (χ2v) is 4.92. The fourth-order valence-electron chi connectivity index (χ4n) is 1.80. The summed E-state index contributed by atoms with van der Waals surface area (Å²) >= 11 is 1.47. The van der Waals surface area contributed by atoms with E-state index in [2.05, 4.69) is 20.7 Å². The number of rotatable bonds is 5. The van der Waals surface area contributed by atoms with Crippen molar-refractivity contribution in [3.8, 4) is 0 Å². The van der Waals surface area contributed by atoms with Gasteiger partial charge in [0, 0.05) is 12.6 Å². The van der Waals surface area contributed by atoms with E-state index in [9.17, 15) is 5.11 Å². The Labute approximate surface area is 104 Å². The van der Waals surface area contributed by atoms with Crippen LogP contribution in [0.5, 0.6) is 0 Å². The Kier molecular flexibility index (Phi) is 4.03. The molecule has 0 unspecified atom stereocenters. The van der Waals surface area contributed by atoms with Crippen molar-refractivity contribution >= 4 is 23.4 Å². The number of hydrogen-bond donors (Lipinski definition) is 4. The van der Waals surface area contributed by atoms with Crippen LogP contribution in [0.4, 0.5) is 11.6 Å². The molecular formula is C10H17N5OS. The summed E-state index contributed by atoms with van der Waals surface area (Å²) in [4.78, 5) is 8.51. The number of hydrogen-bond acceptors (Lipinski definition) is 7. The zero-order chi connectivity index (χ0) is 12.3. The summed E-state index contributed by atoms with van der Waals surface area (Å²) in [7, 11) is 0. The molecular weight excluding hydrogens is 238 g/mol. The van der Waals surface area contributed by atoms with E-state index in [0.717, 1.165) is 25.2 Å². The van der Waals surface area contributed by atoms with Crippen LogP contribution in [0.1, 0.15) is 12.8 Å². The minimum Gasteiger partial charge on any atom is -0.393 e. The fourth-order valence-corrected chi connectivity index (χ4v) is 2.18. The monoisotopic (exact) mass is 255 g/mol. The van der Waals surface area contributed by atoms with Gasteiger partial charge >= 0.3 is 0 Å². The van der Waals surface area contributed by atoms with Crippen LogP contribution in [0.15, 0.2) is 11.2 Å². The SMILES string of the molecule is CSc1nc(NN)cc(NCC2CC(O)C2)n1. The van der Waals surface area contributed by atoms with Crippen molar-refractivity contribution in [3.63, 3.8) is 0 Å². The number of aliphatic hydroxyl groups is 1. The Bertz CT molecular complexity index is 361. The summed E-state index contributed by atoms with van der Waals surface area (Å²) in [6.45, 7) is 0.825. The van der Waals surface area contributed by atoms with Gasteiger partial charge in [-0.15, -0.1) is 0 Å². The molecule has 2 rings (SSSR count). The fraction of sp³-hybridized carbons (Fsp3) is 0.600. The molecule has 6 nitrogen and oxygen atoms in total. The molecule has 1 fully saturated rings. The van der Waals surface area contributed by atoms with Gasteiger partial charge in [-0.25, -0.2) is 15.8 Å². The van der Waals surface area contributed by atoms with E-state index in [4.69, 9.17) is 5.84 Å². The van der Waals surface area contributed by atoms with Gasteiger partial charge in [-0.2, -0.15) is 0 Å². The van der Waals surface area contributed by atoms with Crippen LogP contribution in [0.3, 0.4) is 0 Å². The Morgan fingerprint density at radius 3 is 2.76 bits per heavy atom. The first-order valence-electron chi connectivity index (χ1n) is 5.53. The van der Waals surface area contributed by atoms with Gasteiger partial charge in [0.2, 0.25) is 0 Å². The normalized spacial score (nSPS) is 23.0. The second kappa shape index (κ2) is 5.52. The number of aliphatic hydroxyl groups excluding tert-OH is 1. The maximum Gasteiger partial charge on any atom is 0.191 e.